The molecule has 0 bridgehead atoms. The molecule has 0 unspecified atom stereocenters. The number of likely N-dealkylation sites (tertiary alicyclic amines) is 1. The molecule has 2 aromatic carbocycles. The summed E-state index contributed by atoms with van der Waals surface area (Å²) in [5.74, 6) is -0.0311. The monoisotopic (exact) mass is 532 g/mol. The van der Waals surface area contributed by atoms with E-state index in [9.17, 15) is 9.59 Å². The van der Waals surface area contributed by atoms with Crippen molar-refractivity contribution in [3.05, 3.63) is 63.9 Å². The number of hydrogen-bond donors (Lipinski definition) is 2. The van der Waals surface area contributed by atoms with Gasteiger partial charge in [0, 0.05) is 23.1 Å². The number of rotatable bonds is 8. The minimum atomic E-state index is -0.622. The Morgan fingerprint density at radius 3 is 2.69 bits per heavy atom. The number of esters is 1. The van der Waals surface area contributed by atoms with Crippen LogP contribution >= 0.6 is 23.2 Å². The van der Waals surface area contributed by atoms with Gasteiger partial charge < -0.3 is 19.8 Å². The lowest BCUT2D eigenvalue weighted by Gasteiger charge is -2.27. The van der Waals surface area contributed by atoms with Gasteiger partial charge in [0.25, 0.3) is 0 Å². The summed E-state index contributed by atoms with van der Waals surface area (Å²) in [6.45, 7) is 6.43. The molecule has 1 amide bonds. The third kappa shape index (κ3) is 6.76. The lowest BCUT2D eigenvalue weighted by atomic mass is 10.1. The molecule has 2 heterocycles. The van der Waals surface area contributed by atoms with Crippen LogP contribution in [0.5, 0.6) is 0 Å². The van der Waals surface area contributed by atoms with E-state index in [1.54, 1.807) is 32.9 Å². The summed E-state index contributed by atoms with van der Waals surface area (Å²) in [6.07, 6.45) is 0.0933. The number of benzene rings is 2. The molecule has 8 nitrogen and oxygen atoms in total. The number of H-pyrrole nitrogens is 1. The Bertz CT molecular complexity index is 1210. The third-order valence-corrected chi connectivity index (χ3v) is 6.39. The van der Waals surface area contributed by atoms with Gasteiger partial charge >= 0.3 is 5.97 Å². The number of halogens is 2. The predicted octanol–water partition coefficient (Wildman–Crippen LogP) is 4.49. The number of carbonyl (C=O) groups is 2. The standard InChI is InChI=1S/C26H30Cl2N4O4/c1-26(2,3)36-23(33)15-35-21-10-11-32(14-16-8-9-17(27)12-18(16)28)24(21)25(34)29-13-22-30-19-6-4-5-7-20(19)31-22/h4-9,12,21,24H,10-11,13-15H2,1-3H3,(H,29,34)(H,30,31)/t21-,24-/m0/s1. The summed E-state index contributed by atoms with van der Waals surface area (Å²) >= 11 is 12.4. The van der Waals surface area contributed by atoms with Crippen molar-refractivity contribution in [2.24, 2.45) is 0 Å². The van der Waals surface area contributed by atoms with Crippen molar-refractivity contribution in [1.29, 1.82) is 0 Å². The first-order chi connectivity index (χ1) is 17.1. The molecule has 2 atom stereocenters. The summed E-state index contributed by atoms with van der Waals surface area (Å²) in [6, 6.07) is 12.4. The highest BCUT2D eigenvalue weighted by atomic mass is 35.5. The Morgan fingerprint density at radius 2 is 1.97 bits per heavy atom. The van der Waals surface area contributed by atoms with Gasteiger partial charge in [-0.25, -0.2) is 9.78 Å². The molecule has 1 saturated heterocycles. The second-order valence-corrected chi connectivity index (χ2v) is 10.6. The highest BCUT2D eigenvalue weighted by molar-refractivity contribution is 6.35. The van der Waals surface area contributed by atoms with Crippen molar-refractivity contribution in [2.75, 3.05) is 13.2 Å². The van der Waals surface area contributed by atoms with Crippen molar-refractivity contribution >= 4 is 46.1 Å². The predicted molar refractivity (Wildman–Crippen MR) is 139 cm³/mol. The van der Waals surface area contributed by atoms with Crippen LogP contribution < -0.4 is 5.32 Å². The molecule has 3 aromatic rings. The number of imidazole rings is 1. The topological polar surface area (TPSA) is 96.6 Å². The minimum Gasteiger partial charge on any atom is -0.458 e. The first-order valence-electron chi connectivity index (χ1n) is 11.8. The summed E-state index contributed by atoms with van der Waals surface area (Å²) in [4.78, 5) is 35.4. The van der Waals surface area contributed by atoms with Gasteiger partial charge in [-0.3, -0.25) is 9.69 Å². The van der Waals surface area contributed by atoms with E-state index in [0.717, 1.165) is 16.6 Å². The van der Waals surface area contributed by atoms with Crippen molar-refractivity contribution < 1.29 is 19.1 Å². The molecule has 4 rings (SSSR count). The second-order valence-electron chi connectivity index (χ2n) is 9.79. The van der Waals surface area contributed by atoms with Crippen LogP contribution in [0, 0.1) is 0 Å². The molecule has 2 N–H and O–H groups in total. The summed E-state index contributed by atoms with van der Waals surface area (Å²) < 4.78 is 11.3. The van der Waals surface area contributed by atoms with E-state index in [0.29, 0.717) is 35.4 Å². The SMILES string of the molecule is CC(C)(C)OC(=O)CO[C@H]1CCN(Cc2ccc(Cl)cc2Cl)[C@@H]1C(=O)NCc1nc2ccccc2[nH]1. The molecule has 1 aromatic heterocycles. The maximum atomic E-state index is 13.4. The summed E-state index contributed by atoms with van der Waals surface area (Å²) in [5, 5.41) is 4.05. The van der Waals surface area contributed by atoms with Crippen molar-refractivity contribution in [3.8, 4) is 0 Å². The summed E-state index contributed by atoms with van der Waals surface area (Å²) in [5.41, 5.74) is 1.97. The van der Waals surface area contributed by atoms with Gasteiger partial charge in [-0.05, 0) is 57.0 Å². The highest BCUT2D eigenvalue weighted by Gasteiger charge is 2.40. The number of ether oxygens (including phenoxy) is 2. The van der Waals surface area contributed by atoms with E-state index in [1.807, 2.05) is 35.2 Å². The van der Waals surface area contributed by atoms with Gasteiger partial charge in [0.1, 0.15) is 24.1 Å². The Hall–Kier alpha value is -2.65. The van der Waals surface area contributed by atoms with E-state index in [4.69, 9.17) is 32.7 Å². The largest absolute Gasteiger partial charge is 0.458 e. The van der Waals surface area contributed by atoms with Gasteiger partial charge in [0.15, 0.2) is 0 Å². The Kier molecular flexibility index (Phi) is 8.20. The van der Waals surface area contributed by atoms with Crippen molar-refractivity contribution in [1.82, 2.24) is 20.2 Å². The number of aromatic amines is 1. The number of nitrogens with one attached hydrogen (secondary N) is 2. The molecule has 192 valence electrons. The third-order valence-electron chi connectivity index (χ3n) is 5.81. The Labute approximate surface area is 220 Å². The number of hydrogen-bond acceptors (Lipinski definition) is 6. The lowest BCUT2D eigenvalue weighted by Crippen LogP contribution is -2.48. The minimum absolute atomic E-state index is 0.216. The summed E-state index contributed by atoms with van der Waals surface area (Å²) in [7, 11) is 0. The smallest absolute Gasteiger partial charge is 0.332 e. The van der Waals surface area contributed by atoms with E-state index in [2.05, 4.69) is 15.3 Å². The molecule has 1 aliphatic heterocycles. The van der Waals surface area contributed by atoms with E-state index >= 15 is 0 Å². The van der Waals surface area contributed by atoms with Crippen LogP contribution in [0.1, 0.15) is 38.6 Å². The zero-order chi connectivity index (χ0) is 25.9. The molecule has 1 aliphatic rings. The quantitative estimate of drug-likeness (QED) is 0.415. The second kappa shape index (κ2) is 11.2. The first-order valence-corrected chi connectivity index (χ1v) is 12.6. The normalized spacial score (nSPS) is 18.5. The number of amides is 1. The molecule has 10 heteroatoms. The molecule has 0 radical (unpaired) electrons. The van der Waals surface area contributed by atoms with Crippen molar-refractivity contribution in [2.45, 2.75) is 58.0 Å². The maximum absolute atomic E-state index is 13.4. The van der Waals surface area contributed by atoms with Gasteiger partial charge in [-0.15, -0.1) is 0 Å². The lowest BCUT2D eigenvalue weighted by molar-refractivity contribution is -0.163. The van der Waals surface area contributed by atoms with E-state index in [-0.39, 0.29) is 19.1 Å². The zero-order valence-electron chi connectivity index (χ0n) is 20.5. The first kappa shape index (κ1) is 26.4. The number of nitrogens with zero attached hydrogens (tertiary/aromatic N) is 2. The number of aromatic nitrogens is 2. The van der Waals surface area contributed by atoms with Gasteiger partial charge in [-0.2, -0.15) is 0 Å². The van der Waals surface area contributed by atoms with Gasteiger partial charge in [-0.1, -0.05) is 41.4 Å². The number of fused-ring (bicyclic) bond motifs is 1. The fraction of sp³-hybridized carbons (Fsp3) is 0.423. The van der Waals surface area contributed by atoms with E-state index in [1.165, 1.54) is 0 Å². The van der Waals surface area contributed by atoms with Crippen LogP contribution in [0.2, 0.25) is 10.0 Å². The van der Waals surface area contributed by atoms with Gasteiger partial charge in [0.05, 0.1) is 23.7 Å². The van der Waals surface area contributed by atoms with Crippen LogP contribution in [0.4, 0.5) is 0 Å². The fourth-order valence-electron chi connectivity index (χ4n) is 4.29. The highest BCUT2D eigenvalue weighted by Crippen LogP contribution is 2.28. The molecule has 0 spiro atoms. The van der Waals surface area contributed by atoms with Crippen LogP contribution in [-0.2, 0) is 32.2 Å². The Morgan fingerprint density at radius 1 is 1.19 bits per heavy atom. The van der Waals surface area contributed by atoms with Crippen molar-refractivity contribution in [3.63, 3.8) is 0 Å². The molecule has 1 fully saturated rings. The maximum Gasteiger partial charge on any atom is 0.332 e. The van der Waals surface area contributed by atoms with E-state index < -0.39 is 23.7 Å². The molecule has 0 saturated carbocycles. The molecule has 36 heavy (non-hydrogen) atoms. The van der Waals surface area contributed by atoms with Crippen LogP contribution in [0.15, 0.2) is 42.5 Å². The Balaban J connectivity index is 1.47. The molecular weight excluding hydrogens is 503 g/mol. The number of para-hydroxylation sites is 2. The number of carbonyl (C=O) groups excluding carboxylic acids is 2. The van der Waals surface area contributed by atoms with Crippen LogP contribution in [-0.4, -0.2) is 57.6 Å². The van der Waals surface area contributed by atoms with Crippen LogP contribution in [0.3, 0.4) is 0 Å². The zero-order valence-corrected chi connectivity index (χ0v) is 22.0. The molecule has 0 aliphatic carbocycles. The molecular formula is C26H30Cl2N4O4. The average Bonchev–Trinajstić information content (AvgIpc) is 3.40. The van der Waals surface area contributed by atoms with Gasteiger partial charge in [0.2, 0.25) is 5.91 Å². The fourth-order valence-corrected chi connectivity index (χ4v) is 4.76. The average molecular weight is 533 g/mol. The van der Waals surface area contributed by atoms with Crippen LogP contribution in [0.25, 0.3) is 11.0 Å².